The zero-order chi connectivity index (χ0) is 13.1. The molecule has 0 aliphatic carbocycles. The summed E-state index contributed by atoms with van der Waals surface area (Å²) < 4.78 is 6.09. The summed E-state index contributed by atoms with van der Waals surface area (Å²) in [4.78, 5) is 4.32. The Balaban J connectivity index is 2.14. The number of phenolic OH excluding ortho intramolecular Hbond substituents is 1. The van der Waals surface area contributed by atoms with Crippen LogP contribution >= 0.6 is 15.9 Å². The molecule has 0 saturated heterocycles. The van der Waals surface area contributed by atoms with Crippen LogP contribution in [0.15, 0.2) is 34.8 Å². The third kappa shape index (κ3) is 2.85. The summed E-state index contributed by atoms with van der Waals surface area (Å²) in [7, 11) is 5.75. The van der Waals surface area contributed by atoms with Crippen LogP contribution in [0.2, 0.25) is 0 Å². The fourth-order valence-electron chi connectivity index (χ4n) is 1.52. The molecule has 5 heteroatoms. The SMILES string of the molecule is [B]c1c(OCc2cccc(C)n2)ccc(Br)c1O. The third-order valence-corrected chi connectivity index (χ3v) is 3.09. The minimum Gasteiger partial charge on any atom is -0.507 e. The van der Waals surface area contributed by atoms with Gasteiger partial charge in [0.15, 0.2) is 0 Å². The highest BCUT2D eigenvalue weighted by Crippen LogP contribution is 2.25. The second-order valence-corrected chi connectivity index (χ2v) is 4.72. The molecule has 0 bridgehead atoms. The first kappa shape index (κ1) is 13.0. The van der Waals surface area contributed by atoms with Crippen LogP contribution in [0.5, 0.6) is 11.5 Å². The van der Waals surface area contributed by atoms with Crippen molar-refractivity contribution in [2.45, 2.75) is 13.5 Å². The van der Waals surface area contributed by atoms with Crippen molar-refractivity contribution in [2.24, 2.45) is 0 Å². The smallest absolute Gasteiger partial charge is 0.130 e. The maximum Gasteiger partial charge on any atom is 0.130 e. The molecule has 3 nitrogen and oxygen atoms in total. The van der Waals surface area contributed by atoms with E-state index in [2.05, 4.69) is 20.9 Å². The number of pyridine rings is 1. The highest BCUT2D eigenvalue weighted by molar-refractivity contribution is 9.10. The van der Waals surface area contributed by atoms with Crippen LogP contribution in [0, 0.1) is 6.92 Å². The minimum absolute atomic E-state index is 0.00954. The van der Waals surface area contributed by atoms with Crippen LogP contribution in [0.1, 0.15) is 11.4 Å². The number of aromatic nitrogens is 1. The second-order valence-electron chi connectivity index (χ2n) is 3.87. The monoisotopic (exact) mass is 303 g/mol. The van der Waals surface area contributed by atoms with Gasteiger partial charge in [-0.3, -0.25) is 4.98 Å². The van der Waals surface area contributed by atoms with Gasteiger partial charge in [0.2, 0.25) is 0 Å². The molecule has 0 aliphatic rings. The quantitative estimate of drug-likeness (QED) is 0.884. The zero-order valence-electron chi connectivity index (χ0n) is 9.85. The first-order valence-corrected chi connectivity index (χ1v) is 6.19. The predicted octanol–water partition coefficient (Wildman–Crippen LogP) is 2.23. The van der Waals surface area contributed by atoms with Crippen molar-refractivity contribution >= 4 is 29.2 Å². The molecule has 90 valence electrons. The lowest BCUT2D eigenvalue weighted by molar-refractivity contribution is 0.302. The van der Waals surface area contributed by atoms with E-state index in [0.717, 1.165) is 11.4 Å². The summed E-state index contributed by atoms with van der Waals surface area (Å²) in [5.74, 6) is 0.434. The fourth-order valence-corrected chi connectivity index (χ4v) is 1.87. The number of aryl methyl sites for hydroxylation is 1. The Labute approximate surface area is 115 Å². The molecule has 1 aromatic carbocycles. The first-order chi connectivity index (χ1) is 8.58. The highest BCUT2D eigenvalue weighted by atomic mass is 79.9. The van der Waals surface area contributed by atoms with Gasteiger partial charge in [0.25, 0.3) is 0 Å². The molecular weight excluding hydrogens is 293 g/mol. The number of ether oxygens (including phenoxy) is 1. The van der Waals surface area contributed by atoms with Crippen LogP contribution in [-0.4, -0.2) is 17.9 Å². The number of hydrogen-bond donors (Lipinski definition) is 1. The normalized spacial score (nSPS) is 10.3. The lowest BCUT2D eigenvalue weighted by Gasteiger charge is -2.11. The molecule has 2 aromatic rings. The van der Waals surface area contributed by atoms with Gasteiger partial charge in [-0.25, -0.2) is 0 Å². The number of halogens is 1. The Bertz CT molecular complexity index is 575. The molecule has 0 unspecified atom stereocenters. The Morgan fingerprint density at radius 2 is 2.11 bits per heavy atom. The summed E-state index contributed by atoms with van der Waals surface area (Å²) in [6.45, 7) is 2.23. The van der Waals surface area contributed by atoms with Crippen LogP contribution in [-0.2, 0) is 6.61 Å². The number of rotatable bonds is 3. The van der Waals surface area contributed by atoms with Crippen molar-refractivity contribution in [3.63, 3.8) is 0 Å². The van der Waals surface area contributed by atoms with Gasteiger partial charge in [-0.15, -0.1) is 0 Å². The summed E-state index contributed by atoms with van der Waals surface area (Å²) in [5, 5.41) is 9.66. The van der Waals surface area contributed by atoms with E-state index >= 15 is 0 Å². The molecule has 2 rings (SSSR count). The lowest BCUT2D eigenvalue weighted by atomic mass is 9.94. The third-order valence-electron chi connectivity index (χ3n) is 2.45. The van der Waals surface area contributed by atoms with Gasteiger partial charge in [0.1, 0.15) is 26.0 Å². The van der Waals surface area contributed by atoms with Crippen molar-refractivity contribution in [2.75, 3.05) is 0 Å². The fraction of sp³-hybridized carbons (Fsp3) is 0.154. The van der Waals surface area contributed by atoms with Crippen LogP contribution in [0.4, 0.5) is 0 Å². The van der Waals surface area contributed by atoms with E-state index in [0.29, 0.717) is 16.8 Å². The van der Waals surface area contributed by atoms with Crippen LogP contribution in [0.3, 0.4) is 0 Å². The van der Waals surface area contributed by atoms with Gasteiger partial charge in [0, 0.05) is 5.69 Å². The molecule has 18 heavy (non-hydrogen) atoms. The van der Waals surface area contributed by atoms with Gasteiger partial charge < -0.3 is 9.84 Å². The van der Waals surface area contributed by atoms with E-state index in [1.165, 1.54) is 0 Å². The highest BCUT2D eigenvalue weighted by Gasteiger charge is 2.07. The van der Waals surface area contributed by atoms with Gasteiger partial charge in [-0.1, -0.05) is 6.07 Å². The minimum atomic E-state index is -0.00954. The maximum atomic E-state index is 9.66. The number of benzene rings is 1. The zero-order valence-corrected chi connectivity index (χ0v) is 11.4. The standard InChI is InChI=1S/C13H11BBrNO2/c1-8-3-2-4-9(16-8)7-18-11-6-5-10(15)13(17)12(11)14/h2-6,17H,7H2,1H3. The Morgan fingerprint density at radius 1 is 1.33 bits per heavy atom. The summed E-state index contributed by atoms with van der Waals surface area (Å²) >= 11 is 3.19. The first-order valence-electron chi connectivity index (χ1n) is 5.40. The molecule has 1 heterocycles. The van der Waals surface area contributed by atoms with Crippen molar-refractivity contribution in [1.29, 1.82) is 0 Å². The van der Waals surface area contributed by atoms with Gasteiger partial charge >= 0.3 is 0 Å². The van der Waals surface area contributed by atoms with Gasteiger partial charge in [-0.05, 0) is 52.6 Å². The molecule has 0 atom stereocenters. The van der Waals surface area contributed by atoms with Crippen molar-refractivity contribution in [3.8, 4) is 11.5 Å². The molecule has 2 radical (unpaired) electrons. The van der Waals surface area contributed by atoms with E-state index in [9.17, 15) is 5.11 Å². The van der Waals surface area contributed by atoms with Gasteiger partial charge in [0.05, 0.1) is 10.2 Å². The maximum absolute atomic E-state index is 9.66. The van der Waals surface area contributed by atoms with Gasteiger partial charge in [-0.2, -0.15) is 0 Å². The number of nitrogens with zero attached hydrogens (tertiary/aromatic N) is 1. The molecule has 0 aliphatic heterocycles. The van der Waals surface area contributed by atoms with E-state index in [4.69, 9.17) is 12.6 Å². The molecule has 0 saturated carbocycles. The molecule has 0 amide bonds. The second kappa shape index (κ2) is 5.44. The summed E-state index contributed by atoms with van der Waals surface area (Å²) in [5.41, 5.74) is 1.97. The van der Waals surface area contributed by atoms with E-state index in [-0.39, 0.29) is 11.2 Å². The van der Waals surface area contributed by atoms with Crippen molar-refractivity contribution in [3.05, 3.63) is 46.2 Å². The molecule has 0 fully saturated rings. The number of aromatic hydroxyl groups is 1. The van der Waals surface area contributed by atoms with Crippen molar-refractivity contribution < 1.29 is 9.84 Å². The lowest BCUT2D eigenvalue weighted by Crippen LogP contribution is -2.10. The molecule has 1 aromatic heterocycles. The van der Waals surface area contributed by atoms with E-state index in [1.807, 2.05) is 25.1 Å². The summed E-state index contributed by atoms with van der Waals surface area (Å²) in [6, 6.07) is 9.11. The Kier molecular flexibility index (Phi) is 3.92. The number of phenols is 1. The molecule has 1 N–H and O–H groups in total. The Morgan fingerprint density at radius 3 is 2.83 bits per heavy atom. The largest absolute Gasteiger partial charge is 0.507 e. The van der Waals surface area contributed by atoms with Crippen LogP contribution in [0.25, 0.3) is 0 Å². The predicted molar refractivity (Wildman–Crippen MR) is 74.5 cm³/mol. The van der Waals surface area contributed by atoms with Crippen LogP contribution < -0.4 is 10.2 Å². The average Bonchev–Trinajstić information content (AvgIpc) is 2.35. The number of hydrogen-bond acceptors (Lipinski definition) is 3. The average molecular weight is 304 g/mol. The summed E-state index contributed by atoms with van der Waals surface area (Å²) in [6.07, 6.45) is 0. The Hall–Kier alpha value is -1.49. The van der Waals surface area contributed by atoms with E-state index < -0.39 is 0 Å². The van der Waals surface area contributed by atoms with Crippen molar-refractivity contribution in [1.82, 2.24) is 4.98 Å². The molecular formula is C13H11BBrNO2. The topological polar surface area (TPSA) is 42.4 Å². The molecule has 0 spiro atoms. The van der Waals surface area contributed by atoms with E-state index in [1.54, 1.807) is 12.1 Å².